The highest BCUT2D eigenvalue weighted by atomic mass is 35.7. The molecule has 1 aromatic heterocycles. The minimum absolute atomic E-state index is 0.0341. The Labute approximate surface area is 102 Å². The van der Waals surface area contributed by atoms with Gasteiger partial charge in [0.25, 0.3) is 9.05 Å². The molecule has 0 unspecified atom stereocenters. The smallest absolute Gasteiger partial charge is 0.272 e. The van der Waals surface area contributed by atoms with Crippen molar-refractivity contribution in [2.75, 3.05) is 5.32 Å². The number of aryl methyl sites for hydroxylation is 1. The first-order valence-corrected chi connectivity index (χ1v) is 7.57. The van der Waals surface area contributed by atoms with Crippen LogP contribution in [0.5, 0.6) is 0 Å². The molecular weight excluding hydrogens is 272 g/mol. The number of carbonyl (C=O) groups excluding carboxylic acids is 1. The Morgan fingerprint density at radius 1 is 1.50 bits per heavy atom. The summed E-state index contributed by atoms with van der Waals surface area (Å²) in [6, 6.07) is 0. The van der Waals surface area contributed by atoms with E-state index in [1.54, 1.807) is 13.8 Å². The van der Waals surface area contributed by atoms with Crippen molar-refractivity contribution in [1.82, 2.24) is 4.98 Å². The Hall–Kier alpha value is -0.660. The van der Waals surface area contributed by atoms with E-state index in [0.29, 0.717) is 5.69 Å². The van der Waals surface area contributed by atoms with E-state index in [4.69, 9.17) is 10.7 Å². The summed E-state index contributed by atoms with van der Waals surface area (Å²) < 4.78 is 22.2. The number of hydrogen-bond donors (Lipinski definition) is 1. The van der Waals surface area contributed by atoms with Gasteiger partial charge in [0.1, 0.15) is 0 Å². The maximum absolute atomic E-state index is 11.4. The predicted molar refractivity (Wildman–Crippen MR) is 63.4 cm³/mol. The van der Waals surface area contributed by atoms with Gasteiger partial charge in [0.05, 0.1) is 5.69 Å². The van der Waals surface area contributed by atoms with Crippen molar-refractivity contribution in [3.8, 4) is 0 Å². The van der Waals surface area contributed by atoms with Crippen molar-refractivity contribution in [3.05, 3.63) is 5.69 Å². The molecule has 0 radical (unpaired) electrons. The van der Waals surface area contributed by atoms with Gasteiger partial charge in [0.15, 0.2) is 9.34 Å². The zero-order valence-corrected chi connectivity index (χ0v) is 11.3. The third-order valence-corrected chi connectivity index (χ3v) is 4.98. The second-order valence-electron chi connectivity index (χ2n) is 3.47. The van der Waals surface area contributed by atoms with Crippen LogP contribution in [0.15, 0.2) is 4.21 Å². The molecule has 1 aromatic rings. The van der Waals surface area contributed by atoms with Crippen LogP contribution in [0.4, 0.5) is 5.13 Å². The zero-order valence-electron chi connectivity index (χ0n) is 8.94. The highest BCUT2D eigenvalue weighted by molar-refractivity contribution is 8.15. The average Bonchev–Trinajstić information content (AvgIpc) is 2.45. The molecule has 0 fully saturated rings. The SMILES string of the molecule is Cc1nc(NC(=O)C(C)C)sc1S(=O)(=O)Cl. The molecule has 0 saturated carbocycles. The molecule has 0 aliphatic heterocycles. The average molecular weight is 283 g/mol. The second kappa shape index (κ2) is 4.68. The van der Waals surface area contributed by atoms with E-state index in [1.807, 2.05) is 0 Å². The lowest BCUT2D eigenvalue weighted by molar-refractivity contribution is -0.118. The van der Waals surface area contributed by atoms with Crippen LogP contribution in [-0.2, 0) is 13.8 Å². The molecule has 0 spiro atoms. The van der Waals surface area contributed by atoms with Crippen molar-refractivity contribution in [3.63, 3.8) is 0 Å². The molecule has 0 aliphatic carbocycles. The number of nitrogens with zero attached hydrogens (tertiary/aromatic N) is 1. The number of rotatable bonds is 3. The zero-order chi connectivity index (χ0) is 12.5. The Morgan fingerprint density at radius 2 is 2.06 bits per heavy atom. The fourth-order valence-corrected chi connectivity index (χ4v) is 3.27. The molecule has 1 N–H and O–H groups in total. The quantitative estimate of drug-likeness (QED) is 0.860. The number of hydrogen-bond acceptors (Lipinski definition) is 5. The highest BCUT2D eigenvalue weighted by Gasteiger charge is 2.20. The number of anilines is 1. The number of nitrogens with one attached hydrogen (secondary N) is 1. The van der Waals surface area contributed by atoms with Crippen LogP contribution < -0.4 is 5.32 Å². The van der Waals surface area contributed by atoms with E-state index >= 15 is 0 Å². The summed E-state index contributed by atoms with van der Waals surface area (Å²) in [7, 11) is 1.41. The molecule has 0 atom stereocenters. The summed E-state index contributed by atoms with van der Waals surface area (Å²) in [6.45, 7) is 4.99. The van der Waals surface area contributed by atoms with Crippen LogP contribution in [0.1, 0.15) is 19.5 Å². The molecular formula is C8H11ClN2O3S2. The minimum atomic E-state index is -3.79. The monoisotopic (exact) mass is 282 g/mol. The first kappa shape index (κ1) is 13.4. The Morgan fingerprint density at radius 3 is 2.44 bits per heavy atom. The van der Waals surface area contributed by atoms with Crippen LogP contribution in [-0.4, -0.2) is 19.3 Å². The van der Waals surface area contributed by atoms with Crippen LogP contribution in [0.25, 0.3) is 0 Å². The lowest BCUT2D eigenvalue weighted by Gasteiger charge is -2.02. The van der Waals surface area contributed by atoms with Crippen molar-refractivity contribution < 1.29 is 13.2 Å². The molecule has 0 saturated heterocycles. The fourth-order valence-electron chi connectivity index (χ4n) is 0.912. The summed E-state index contributed by atoms with van der Waals surface area (Å²) >= 11 is 0.849. The van der Waals surface area contributed by atoms with Gasteiger partial charge in [-0.25, -0.2) is 13.4 Å². The van der Waals surface area contributed by atoms with Gasteiger partial charge >= 0.3 is 0 Å². The minimum Gasteiger partial charge on any atom is -0.302 e. The Bertz CT molecular complexity index is 507. The maximum atomic E-state index is 11.4. The molecule has 1 rings (SSSR count). The topological polar surface area (TPSA) is 76.1 Å². The van der Waals surface area contributed by atoms with Crippen molar-refractivity contribution in [1.29, 1.82) is 0 Å². The standard InChI is InChI=1S/C8H11ClN2O3S2/c1-4(2)6(12)11-8-10-5(3)7(15-8)16(9,13)14/h4H,1-3H3,(H,10,11,12). The lowest BCUT2D eigenvalue weighted by atomic mass is 10.2. The fraction of sp³-hybridized carbons (Fsp3) is 0.500. The van der Waals surface area contributed by atoms with E-state index < -0.39 is 9.05 Å². The summed E-state index contributed by atoms with van der Waals surface area (Å²) in [5, 5.41) is 2.77. The second-order valence-corrected chi connectivity index (χ2v) is 7.23. The molecule has 0 aromatic carbocycles. The molecule has 0 aliphatic rings. The summed E-state index contributed by atoms with van der Waals surface area (Å²) in [5.41, 5.74) is 0.291. The van der Waals surface area contributed by atoms with Gasteiger partial charge < -0.3 is 5.32 Å². The largest absolute Gasteiger partial charge is 0.302 e. The van der Waals surface area contributed by atoms with Crippen LogP contribution in [0.3, 0.4) is 0 Å². The van der Waals surface area contributed by atoms with Crippen LogP contribution >= 0.6 is 22.0 Å². The number of amides is 1. The van der Waals surface area contributed by atoms with Gasteiger partial charge in [-0.15, -0.1) is 0 Å². The van der Waals surface area contributed by atoms with Gasteiger partial charge in [0.2, 0.25) is 5.91 Å². The van der Waals surface area contributed by atoms with Gasteiger partial charge in [-0.1, -0.05) is 25.2 Å². The number of carbonyl (C=O) groups is 1. The molecule has 8 heteroatoms. The van der Waals surface area contributed by atoms with E-state index in [2.05, 4.69) is 10.3 Å². The Kier molecular flexibility index (Phi) is 3.92. The van der Waals surface area contributed by atoms with Gasteiger partial charge in [0, 0.05) is 16.6 Å². The number of aromatic nitrogens is 1. The molecule has 5 nitrogen and oxygen atoms in total. The van der Waals surface area contributed by atoms with E-state index in [-0.39, 0.29) is 21.2 Å². The maximum Gasteiger partial charge on any atom is 0.272 e. The van der Waals surface area contributed by atoms with Crippen molar-refractivity contribution in [2.24, 2.45) is 5.92 Å². The van der Waals surface area contributed by atoms with Gasteiger partial charge in [-0.05, 0) is 6.92 Å². The predicted octanol–water partition coefficient (Wildman–Crippen LogP) is 1.97. The Balaban J connectivity index is 2.99. The molecule has 16 heavy (non-hydrogen) atoms. The van der Waals surface area contributed by atoms with Gasteiger partial charge in [-0.3, -0.25) is 4.79 Å². The van der Waals surface area contributed by atoms with Crippen molar-refractivity contribution >= 4 is 42.1 Å². The van der Waals surface area contributed by atoms with E-state index in [1.165, 1.54) is 6.92 Å². The molecule has 1 amide bonds. The van der Waals surface area contributed by atoms with Gasteiger partial charge in [-0.2, -0.15) is 0 Å². The first-order valence-electron chi connectivity index (χ1n) is 4.44. The lowest BCUT2D eigenvalue weighted by Crippen LogP contribution is -2.17. The normalized spacial score (nSPS) is 11.8. The van der Waals surface area contributed by atoms with E-state index in [9.17, 15) is 13.2 Å². The first-order chi connectivity index (χ1) is 7.21. The molecule has 90 valence electrons. The molecule has 0 bridgehead atoms. The van der Waals surface area contributed by atoms with E-state index in [0.717, 1.165) is 11.3 Å². The van der Waals surface area contributed by atoms with Crippen LogP contribution in [0.2, 0.25) is 0 Å². The molecule has 1 heterocycles. The highest BCUT2D eigenvalue weighted by Crippen LogP contribution is 2.29. The summed E-state index contributed by atoms with van der Waals surface area (Å²) in [5.74, 6) is -0.410. The number of halogens is 1. The third-order valence-electron chi connectivity index (χ3n) is 1.73. The summed E-state index contributed by atoms with van der Waals surface area (Å²) in [6.07, 6.45) is 0. The number of thiazole rings is 1. The summed E-state index contributed by atoms with van der Waals surface area (Å²) in [4.78, 5) is 15.3. The third kappa shape index (κ3) is 3.16. The van der Waals surface area contributed by atoms with Crippen molar-refractivity contribution in [2.45, 2.75) is 25.0 Å². The van der Waals surface area contributed by atoms with Crippen LogP contribution in [0, 0.1) is 12.8 Å².